The molecule has 1 aliphatic heterocycles. The van der Waals surface area contributed by atoms with Crippen molar-refractivity contribution < 1.29 is 9.90 Å². The number of aryl methyl sites for hydroxylation is 1. The summed E-state index contributed by atoms with van der Waals surface area (Å²) in [4.78, 5) is 15.5. The summed E-state index contributed by atoms with van der Waals surface area (Å²) >= 11 is 0. The number of piperazine rings is 1. The normalized spacial score (nSPS) is 17.3. The van der Waals surface area contributed by atoms with Crippen molar-refractivity contribution in [1.82, 2.24) is 15.1 Å². The Kier molecular flexibility index (Phi) is 7.02. The molecule has 0 amide bonds. The topological polar surface area (TPSA) is 55.8 Å². The molecule has 1 aromatic rings. The minimum atomic E-state index is -0.777. The van der Waals surface area contributed by atoms with Crippen molar-refractivity contribution in [3.8, 4) is 0 Å². The van der Waals surface area contributed by atoms with Crippen molar-refractivity contribution in [3.63, 3.8) is 0 Å². The molecule has 5 heteroatoms. The van der Waals surface area contributed by atoms with E-state index in [2.05, 4.69) is 41.4 Å². The van der Waals surface area contributed by atoms with Gasteiger partial charge in [0.05, 0.1) is 6.54 Å². The zero-order valence-corrected chi connectivity index (χ0v) is 14.3. The first-order valence-corrected chi connectivity index (χ1v) is 8.54. The Bertz CT molecular complexity index is 484. The van der Waals surface area contributed by atoms with Crippen LogP contribution in [0.5, 0.6) is 0 Å². The zero-order valence-electron chi connectivity index (χ0n) is 14.3. The van der Waals surface area contributed by atoms with Crippen LogP contribution in [0, 0.1) is 0 Å². The molecule has 1 aromatic carbocycles. The Morgan fingerprint density at radius 1 is 1.30 bits per heavy atom. The number of benzene rings is 1. The number of nitrogens with one attached hydrogen (secondary N) is 1. The van der Waals surface area contributed by atoms with E-state index in [0.29, 0.717) is 0 Å². The smallest absolute Gasteiger partial charge is 0.317 e. The molecule has 128 valence electrons. The predicted molar refractivity (Wildman–Crippen MR) is 92.8 cm³/mol. The van der Waals surface area contributed by atoms with E-state index >= 15 is 0 Å². The van der Waals surface area contributed by atoms with Gasteiger partial charge in [0.1, 0.15) is 0 Å². The Balaban J connectivity index is 2.11. The molecule has 0 radical (unpaired) electrons. The molecule has 1 heterocycles. The van der Waals surface area contributed by atoms with Crippen LogP contribution in [0.4, 0.5) is 0 Å². The molecule has 23 heavy (non-hydrogen) atoms. The van der Waals surface area contributed by atoms with Gasteiger partial charge in [0.2, 0.25) is 0 Å². The van der Waals surface area contributed by atoms with Crippen molar-refractivity contribution in [3.05, 3.63) is 35.4 Å². The molecule has 1 saturated heterocycles. The molecule has 1 unspecified atom stereocenters. The van der Waals surface area contributed by atoms with Gasteiger partial charge in [0, 0.05) is 38.8 Å². The third-order valence-electron chi connectivity index (χ3n) is 4.46. The average Bonchev–Trinajstić information content (AvgIpc) is 2.54. The maximum absolute atomic E-state index is 11.1. The molecule has 0 saturated carbocycles. The molecule has 1 atom stereocenters. The second kappa shape index (κ2) is 9.01. The van der Waals surface area contributed by atoms with Gasteiger partial charge in [-0.2, -0.15) is 0 Å². The predicted octanol–water partition coefficient (Wildman–Crippen LogP) is 1.60. The average molecular weight is 319 g/mol. The molecule has 0 aromatic heterocycles. The summed E-state index contributed by atoms with van der Waals surface area (Å²) in [6, 6.07) is 8.79. The molecule has 1 fully saturated rings. The maximum atomic E-state index is 11.1. The van der Waals surface area contributed by atoms with E-state index < -0.39 is 5.97 Å². The molecule has 0 aliphatic carbocycles. The first-order chi connectivity index (χ1) is 11.1. The fourth-order valence-corrected chi connectivity index (χ4v) is 3.16. The van der Waals surface area contributed by atoms with Gasteiger partial charge in [0.15, 0.2) is 0 Å². The van der Waals surface area contributed by atoms with Crippen molar-refractivity contribution in [2.45, 2.75) is 25.8 Å². The van der Waals surface area contributed by atoms with Crippen LogP contribution in [0.1, 0.15) is 30.5 Å². The molecule has 5 nitrogen and oxygen atoms in total. The first-order valence-electron chi connectivity index (χ1n) is 8.54. The summed E-state index contributed by atoms with van der Waals surface area (Å²) in [5, 5.41) is 12.5. The zero-order chi connectivity index (χ0) is 16.7. The summed E-state index contributed by atoms with van der Waals surface area (Å²) in [6.07, 6.45) is 2.23. The number of aliphatic carboxylic acids is 1. The van der Waals surface area contributed by atoms with Gasteiger partial charge in [-0.05, 0) is 24.6 Å². The number of rotatable bonds is 8. The van der Waals surface area contributed by atoms with Crippen molar-refractivity contribution in [2.24, 2.45) is 0 Å². The molecular weight excluding hydrogens is 290 g/mol. The molecule has 0 spiro atoms. The minimum absolute atomic E-state index is 0.0630. The third kappa shape index (κ3) is 5.61. The number of carboxylic acid groups (broad SMARTS) is 1. The molecule has 2 N–H and O–H groups in total. The third-order valence-corrected chi connectivity index (χ3v) is 4.46. The SMILES string of the molecule is CCCc1ccc(C(CN2CCNCC2)N(C)CC(=O)O)cc1. The van der Waals surface area contributed by atoms with E-state index in [9.17, 15) is 4.79 Å². The van der Waals surface area contributed by atoms with Gasteiger partial charge in [-0.1, -0.05) is 37.6 Å². The lowest BCUT2D eigenvalue weighted by molar-refractivity contribution is -0.138. The van der Waals surface area contributed by atoms with Gasteiger partial charge < -0.3 is 10.4 Å². The van der Waals surface area contributed by atoms with E-state index in [-0.39, 0.29) is 12.6 Å². The molecular formula is C18H29N3O2. The van der Waals surface area contributed by atoms with Crippen LogP contribution in [-0.4, -0.2) is 67.2 Å². The molecule has 1 aliphatic rings. The van der Waals surface area contributed by atoms with Gasteiger partial charge in [-0.15, -0.1) is 0 Å². The summed E-state index contributed by atoms with van der Waals surface area (Å²) in [7, 11) is 1.90. The van der Waals surface area contributed by atoms with E-state index in [0.717, 1.165) is 45.6 Å². The van der Waals surface area contributed by atoms with Crippen LogP contribution in [0.2, 0.25) is 0 Å². The lowest BCUT2D eigenvalue weighted by atomic mass is 10.0. The van der Waals surface area contributed by atoms with Gasteiger partial charge in [-0.25, -0.2) is 0 Å². The summed E-state index contributed by atoms with van der Waals surface area (Å²) in [5.41, 5.74) is 2.55. The standard InChI is InChI=1S/C18H29N3O2/c1-3-4-15-5-7-16(8-6-15)17(20(2)14-18(22)23)13-21-11-9-19-10-12-21/h5-8,17,19H,3-4,9-14H2,1-2H3,(H,22,23). The van der Waals surface area contributed by atoms with Crippen molar-refractivity contribution in [1.29, 1.82) is 0 Å². The van der Waals surface area contributed by atoms with E-state index in [1.54, 1.807) is 0 Å². The minimum Gasteiger partial charge on any atom is -0.480 e. The summed E-state index contributed by atoms with van der Waals surface area (Å²) in [5.74, 6) is -0.777. The van der Waals surface area contributed by atoms with E-state index in [4.69, 9.17) is 5.11 Å². The van der Waals surface area contributed by atoms with Gasteiger partial charge in [0.25, 0.3) is 0 Å². The quantitative estimate of drug-likeness (QED) is 0.762. The number of hydrogen-bond acceptors (Lipinski definition) is 4. The number of nitrogens with zero attached hydrogens (tertiary/aromatic N) is 2. The fraction of sp³-hybridized carbons (Fsp3) is 0.611. The van der Waals surface area contributed by atoms with Crippen molar-refractivity contribution in [2.75, 3.05) is 46.3 Å². The van der Waals surface area contributed by atoms with Crippen LogP contribution in [0.25, 0.3) is 0 Å². The molecule has 2 rings (SSSR count). The number of carboxylic acids is 1. The van der Waals surface area contributed by atoms with E-state index in [1.165, 1.54) is 11.1 Å². The fourth-order valence-electron chi connectivity index (χ4n) is 3.16. The first kappa shape index (κ1) is 17.9. The lowest BCUT2D eigenvalue weighted by Gasteiger charge is -2.35. The number of hydrogen-bond donors (Lipinski definition) is 2. The summed E-state index contributed by atoms with van der Waals surface area (Å²) < 4.78 is 0. The van der Waals surface area contributed by atoms with E-state index in [1.807, 2.05) is 11.9 Å². The largest absolute Gasteiger partial charge is 0.480 e. The Morgan fingerprint density at radius 2 is 1.96 bits per heavy atom. The van der Waals surface area contributed by atoms with Crippen LogP contribution in [-0.2, 0) is 11.2 Å². The van der Waals surface area contributed by atoms with Gasteiger partial charge in [-0.3, -0.25) is 14.6 Å². The van der Waals surface area contributed by atoms with Crippen LogP contribution in [0.15, 0.2) is 24.3 Å². The Labute approximate surface area is 139 Å². The highest BCUT2D eigenvalue weighted by Crippen LogP contribution is 2.22. The molecule has 0 bridgehead atoms. The summed E-state index contributed by atoms with van der Waals surface area (Å²) in [6.45, 7) is 7.17. The highest BCUT2D eigenvalue weighted by molar-refractivity contribution is 5.69. The van der Waals surface area contributed by atoms with Crippen LogP contribution in [0.3, 0.4) is 0 Å². The Morgan fingerprint density at radius 3 is 2.52 bits per heavy atom. The van der Waals surface area contributed by atoms with Crippen LogP contribution < -0.4 is 5.32 Å². The monoisotopic (exact) mass is 319 g/mol. The van der Waals surface area contributed by atoms with Crippen molar-refractivity contribution >= 4 is 5.97 Å². The Hall–Kier alpha value is -1.43. The second-order valence-corrected chi connectivity index (χ2v) is 6.37. The van der Waals surface area contributed by atoms with Gasteiger partial charge >= 0.3 is 5.97 Å². The lowest BCUT2D eigenvalue weighted by Crippen LogP contribution is -2.47. The highest BCUT2D eigenvalue weighted by Gasteiger charge is 2.23. The number of carbonyl (C=O) groups is 1. The second-order valence-electron chi connectivity index (χ2n) is 6.37. The van der Waals surface area contributed by atoms with Crippen LogP contribution >= 0.6 is 0 Å². The number of likely N-dealkylation sites (N-methyl/N-ethyl adjacent to an activating group) is 1. The maximum Gasteiger partial charge on any atom is 0.317 e. The highest BCUT2D eigenvalue weighted by atomic mass is 16.4.